The van der Waals surface area contributed by atoms with E-state index in [9.17, 15) is 4.79 Å². The highest BCUT2D eigenvalue weighted by Gasteiger charge is 2.26. The van der Waals surface area contributed by atoms with Crippen molar-refractivity contribution in [3.05, 3.63) is 29.8 Å². The number of urea groups is 1. The smallest absolute Gasteiger partial charge is 0.321 e. The fourth-order valence-electron chi connectivity index (χ4n) is 2.32. The summed E-state index contributed by atoms with van der Waals surface area (Å²) in [6.45, 7) is 3.17. The molecule has 0 radical (unpaired) electrons. The summed E-state index contributed by atoms with van der Waals surface area (Å²) in [5.74, 6) is 0.121. The van der Waals surface area contributed by atoms with Crippen molar-refractivity contribution in [1.29, 1.82) is 0 Å². The first-order chi connectivity index (χ1) is 9.60. The molecule has 1 fully saturated rings. The average Bonchev–Trinajstić information content (AvgIpc) is 2.49. The summed E-state index contributed by atoms with van der Waals surface area (Å²) in [7, 11) is 0. The minimum absolute atomic E-state index is 0.0717. The Morgan fingerprint density at radius 2 is 2.15 bits per heavy atom. The van der Waals surface area contributed by atoms with Gasteiger partial charge >= 0.3 is 6.03 Å². The number of aryl methyl sites for hydroxylation is 1. The standard InChI is InChI=1S/C14H20N4O2/c1-10-4-6-12(7-5-10)16-14(19)18-8-2-3-11(9-18)13(15)17-20/h4-7,11,20H,2-3,8-9H2,1H3,(H2,15,17)(H,16,19). The molecule has 0 aromatic heterocycles. The number of hydrogen-bond donors (Lipinski definition) is 3. The highest BCUT2D eigenvalue weighted by molar-refractivity contribution is 5.90. The van der Waals surface area contributed by atoms with E-state index in [0.29, 0.717) is 13.1 Å². The molecule has 0 bridgehead atoms. The van der Waals surface area contributed by atoms with Gasteiger partial charge in [-0.05, 0) is 31.9 Å². The Balaban J connectivity index is 1.96. The molecule has 1 aliphatic rings. The zero-order valence-electron chi connectivity index (χ0n) is 11.5. The van der Waals surface area contributed by atoms with Crippen LogP contribution in [0.15, 0.2) is 29.4 Å². The van der Waals surface area contributed by atoms with E-state index in [-0.39, 0.29) is 17.8 Å². The van der Waals surface area contributed by atoms with Crippen LogP contribution in [-0.4, -0.2) is 35.1 Å². The second-order valence-corrected chi connectivity index (χ2v) is 5.11. The number of nitrogens with two attached hydrogens (primary N) is 1. The number of amides is 2. The van der Waals surface area contributed by atoms with E-state index >= 15 is 0 Å². The normalized spacial score (nSPS) is 19.8. The van der Waals surface area contributed by atoms with Crippen molar-refractivity contribution in [2.75, 3.05) is 18.4 Å². The van der Waals surface area contributed by atoms with Crippen LogP contribution in [0.3, 0.4) is 0 Å². The Hall–Kier alpha value is -2.24. The Morgan fingerprint density at radius 3 is 2.80 bits per heavy atom. The van der Waals surface area contributed by atoms with Crippen LogP contribution in [0.5, 0.6) is 0 Å². The Morgan fingerprint density at radius 1 is 1.45 bits per heavy atom. The number of carbonyl (C=O) groups excluding carboxylic acids is 1. The molecule has 108 valence electrons. The number of nitrogens with one attached hydrogen (secondary N) is 1. The minimum atomic E-state index is -0.149. The largest absolute Gasteiger partial charge is 0.409 e. The van der Waals surface area contributed by atoms with Crippen LogP contribution in [0, 0.1) is 12.8 Å². The predicted octanol–water partition coefficient (Wildman–Crippen LogP) is 1.99. The molecular formula is C14H20N4O2. The molecule has 4 N–H and O–H groups in total. The molecule has 1 aliphatic heterocycles. The molecule has 1 saturated heterocycles. The minimum Gasteiger partial charge on any atom is -0.409 e. The molecule has 6 heteroatoms. The fourth-order valence-corrected chi connectivity index (χ4v) is 2.32. The summed E-state index contributed by atoms with van der Waals surface area (Å²) in [5.41, 5.74) is 7.54. The third-order valence-electron chi connectivity index (χ3n) is 3.55. The van der Waals surface area contributed by atoms with E-state index in [2.05, 4.69) is 10.5 Å². The highest BCUT2D eigenvalue weighted by atomic mass is 16.4. The highest BCUT2D eigenvalue weighted by Crippen LogP contribution is 2.18. The first-order valence-corrected chi connectivity index (χ1v) is 6.70. The quantitative estimate of drug-likeness (QED) is 0.334. The van der Waals surface area contributed by atoms with Crippen molar-refractivity contribution < 1.29 is 10.0 Å². The lowest BCUT2D eigenvalue weighted by molar-refractivity contribution is 0.190. The van der Waals surface area contributed by atoms with Crippen LogP contribution >= 0.6 is 0 Å². The van der Waals surface area contributed by atoms with Gasteiger partial charge in [0.1, 0.15) is 5.84 Å². The molecule has 1 aromatic carbocycles. The number of nitrogens with zero attached hydrogens (tertiary/aromatic N) is 2. The van der Waals surface area contributed by atoms with Gasteiger partial charge in [-0.3, -0.25) is 0 Å². The molecule has 0 saturated carbocycles. The number of piperidine rings is 1. The lowest BCUT2D eigenvalue weighted by Gasteiger charge is -2.32. The first kappa shape index (κ1) is 14.2. The second-order valence-electron chi connectivity index (χ2n) is 5.11. The molecular weight excluding hydrogens is 256 g/mol. The molecule has 1 aromatic rings. The van der Waals surface area contributed by atoms with Crippen LogP contribution in [0.2, 0.25) is 0 Å². The van der Waals surface area contributed by atoms with Crippen LogP contribution in [0.25, 0.3) is 0 Å². The number of amidine groups is 1. The van der Waals surface area contributed by atoms with Gasteiger partial charge in [0, 0.05) is 24.7 Å². The summed E-state index contributed by atoms with van der Waals surface area (Å²) in [6.07, 6.45) is 1.69. The number of rotatable bonds is 2. The summed E-state index contributed by atoms with van der Waals surface area (Å²) in [6, 6.07) is 7.50. The maximum absolute atomic E-state index is 12.2. The van der Waals surface area contributed by atoms with Crippen molar-refractivity contribution in [1.82, 2.24) is 4.90 Å². The number of carbonyl (C=O) groups is 1. The SMILES string of the molecule is Cc1ccc(NC(=O)N2CCCC(C(N)=NO)C2)cc1. The maximum atomic E-state index is 12.2. The molecule has 1 heterocycles. The van der Waals surface area contributed by atoms with Crippen LogP contribution in [0.1, 0.15) is 18.4 Å². The van der Waals surface area contributed by atoms with Gasteiger partial charge in [-0.25, -0.2) is 4.79 Å². The number of oxime groups is 1. The number of likely N-dealkylation sites (tertiary alicyclic amines) is 1. The van der Waals surface area contributed by atoms with Crippen molar-refractivity contribution in [2.24, 2.45) is 16.8 Å². The van der Waals surface area contributed by atoms with Gasteiger partial charge in [0.2, 0.25) is 0 Å². The van der Waals surface area contributed by atoms with Crippen LogP contribution < -0.4 is 11.1 Å². The Bertz CT molecular complexity index is 498. The van der Waals surface area contributed by atoms with E-state index in [4.69, 9.17) is 10.9 Å². The van der Waals surface area contributed by atoms with Crippen LogP contribution in [0.4, 0.5) is 10.5 Å². The predicted molar refractivity (Wildman–Crippen MR) is 77.9 cm³/mol. The van der Waals surface area contributed by atoms with Crippen molar-refractivity contribution in [3.8, 4) is 0 Å². The van der Waals surface area contributed by atoms with Crippen molar-refractivity contribution in [2.45, 2.75) is 19.8 Å². The van der Waals surface area contributed by atoms with E-state index < -0.39 is 0 Å². The van der Waals surface area contributed by atoms with Gasteiger partial charge < -0.3 is 21.2 Å². The van der Waals surface area contributed by atoms with E-state index in [0.717, 1.165) is 24.1 Å². The van der Waals surface area contributed by atoms with Gasteiger partial charge in [-0.2, -0.15) is 0 Å². The van der Waals surface area contributed by atoms with Crippen molar-refractivity contribution >= 4 is 17.6 Å². The molecule has 2 amide bonds. The topological polar surface area (TPSA) is 91.0 Å². The molecule has 0 spiro atoms. The van der Waals surface area contributed by atoms with Gasteiger partial charge in [0.05, 0.1) is 0 Å². The average molecular weight is 276 g/mol. The van der Waals surface area contributed by atoms with Gasteiger partial charge in [0.15, 0.2) is 0 Å². The lowest BCUT2D eigenvalue weighted by Crippen LogP contribution is -2.45. The van der Waals surface area contributed by atoms with Gasteiger partial charge in [-0.1, -0.05) is 22.9 Å². The zero-order chi connectivity index (χ0) is 14.5. The molecule has 20 heavy (non-hydrogen) atoms. The molecule has 1 unspecified atom stereocenters. The number of hydrogen-bond acceptors (Lipinski definition) is 3. The maximum Gasteiger partial charge on any atom is 0.321 e. The Kier molecular flexibility index (Phi) is 4.45. The molecule has 6 nitrogen and oxygen atoms in total. The summed E-state index contributed by atoms with van der Waals surface area (Å²) >= 11 is 0. The first-order valence-electron chi connectivity index (χ1n) is 6.70. The summed E-state index contributed by atoms with van der Waals surface area (Å²) in [4.78, 5) is 13.9. The fraction of sp³-hybridized carbons (Fsp3) is 0.429. The van der Waals surface area contributed by atoms with Gasteiger partial charge in [-0.15, -0.1) is 0 Å². The zero-order valence-corrected chi connectivity index (χ0v) is 11.5. The van der Waals surface area contributed by atoms with E-state index in [1.165, 1.54) is 0 Å². The van der Waals surface area contributed by atoms with E-state index in [1.807, 2.05) is 31.2 Å². The third kappa shape index (κ3) is 3.40. The molecule has 2 rings (SSSR count). The van der Waals surface area contributed by atoms with E-state index in [1.54, 1.807) is 4.90 Å². The Labute approximate surface area is 118 Å². The molecule has 0 aliphatic carbocycles. The summed E-state index contributed by atoms with van der Waals surface area (Å²) in [5, 5.41) is 14.6. The number of benzene rings is 1. The van der Waals surface area contributed by atoms with Crippen molar-refractivity contribution in [3.63, 3.8) is 0 Å². The number of anilines is 1. The van der Waals surface area contributed by atoms with Crippen LogP contribution in [-0.2, 0) is 0 Å². The monoisotopic (exact) mass is 276 g/mol. The lowest BCUT2D eigenvalue weighted by atomic mass is 9.97. The second kappa shape index (κ2) is 6.27. The van der Waals surface area contributed by atoms with Gasteiger partial charge in [0.25, 0.3) is 0 Å². The molecule has 1 atom stereocenters. The third-order valence-corrected chi connectivity index (χ3v) is 3.55. The summed E-state index contributed by atoms with van der Waals surface area (Å²) < 4.78 is 0.